The fourth-order valence-electron chi connectivity index (χ4n) is 2.34. The predicted molar refractivity (Wildman–Crippen MR) is 106 cm³/mol. The van der Waals surface area contributed by atoms with Crippen molar-refractivity contribution in [3.05, 3.63) is 53.1 Å². The second-order valence-corrected chi connectivity index (χ2v) is 10.1. The molecule has 0 bridgehead atoms. The Morgan fingerprint density at radius 3 is 2.84 bits per heavy atom. The van der Waals surface area contributed by atoms with E-state index in [0.717, 1.165) is 25.9 Å². The van der Waals surface area contributed by atoms with Crippen molar-refractivity contribution in [1.82, 2.24) is 9.71 Å². The van der Waals surface area contributed by atoms with Crippen LogP contribution in [0.15, 0.2) is 51.7 Å². The average molecular weight is 413 g/mol. The normalized spacial score (nSPS) is 11.9. The number of thioether (sulfide) groups is 1. The van der Waals surface area contributed by atoms with E-state index in [0.29, 0.717) is 18.0 Å². The molecule has 2 aromatic carbocycles. The van der Waals surface area contributed by atoms with Gasteiger partial charge in [0, 0.05) is 11.6 Å². The molecular weight excluding hydrogens is 396 g/mol. The summed E-state index contributed by atoms with van der Waals surface area (Å²) >= 11 is 9.12. The van der Waals surface area contributed by atoms with Gasteiger partial charge in [-0.05, 0) is 48.1 Å². The molecule has 0 aliphatic rings. The Labute approximate surface area is 160 Å². The van der Waals surface area contributed by atoms with Crippen molar-refractivity contribution < 1.29 is 8.42 Å². The van der Waals surface area contributed by atoms with E-state index in [1.807, 2.05) is 18.2 Å². The molecule has 1 aromatic heterocycles. The van der Waals surface area contributed by atoms with E-state index in [4.69, 9.17) is 11.6 Å². The number of nitrogens with one attached hydrogen (secondary N) is 1. The highest BCUT2D eigenvalue weighted by atomic mass is 35.5. The molecule has 0 radical (unpaired) electrons. The zero-order valence-electron chi connectivity index (χ0n) is 13.5. The van der Waals surface area contributed by atoms with Gasteiger partial charge in [-0.3, -0.25) is 0 Å². The van der Waals surface area contributed by atoms with Crippen molar-refractivity contribution in [3.8, 4) is 0 Å². The van der Waals surface area contributed by atoms with Crippen LogP contribution in [0.4, 0.5) is 0 Å². The maximum atomic E-state index is 12.5. The fourth-order valence-corrected chi connectivity index (χ4v) is 5.69. The van der Waals surface area contributed by atoms with Gasteiger partial charge in [-0.2, -0.15) is 0 Å². The van der Waals surface area contributed by atoms with Crippen LogP contribution in [0, 0.1) is 0 Å². The van der Waals surface area contributed by atoms with Gasteiger partial charge in [0.15, 0.2) is 4.34 Å². The molecular formula is C17H17ClN2O2S3. The summed E-state index contributed by atoms with van der Waals surface area (Å²) < 4.78 is 29.5. The maximum absolute atomic E-state index is 12.5. The number of hydrogen-bond acceptors (Lipinski definition) is 5. The summed E-state index contributed by atoms with van der Waals surface area (Å²) in [6.07, 6.45) is 0.583. The monoisotopic (exact) mass is 412 g/mol. The molecule has 132 valence electrons. The van der Waals surface area contributed by atoms with Crippen LogP contribution >= 0.6 is 34.7 Å². The SMILES string of the molecule is CCSc1nc2ccc(S(=O)(=O)NCCc3cccc(Cl)c3)cc2s1. The highest BCUT2D eigenvalue weighted by Crippen LogP contribution is 2.30. The highest BCUT2D eigenvalue weighted by Gasteiger charge is 2.15. The van der Waals surface area contributed by atoms with E-state index in [-0.39, 0.29) is 4.90 Å². The summed E-state index contributed by atoms with van der Waals surface area (Å²) in [6.45, 7) is 2.39. The fraction of sp³-hybridized carbons (Fsp3) is 0.235. The van der Waals surface area contributed by atoms with E-state index in [2.05, 4.69) is 16.6 Å². The lowest BCUT2D eigenvalue weighted by atomic mass is 10.2. The van der Waals surface area contributed by atoms with Crippen LogP contribution in [0.1, 0.15) is 12.5 Å². The number of benzene rings is 2. The molecule has 0 aliphatic heterocycles. The standard InChI is InChI=1S/C17H17ClN2O2S3/c1-2-23-17-20-15-7-6-14(11-16(15)24-17)25(21,22)19-9-8-12-4-3-5-13(18)10-12/h3-7,10-11,19H,2,8-9H2,1H3. The van der Waals surface area contributed by atoms with Crippen LogP contribution in [0.25, 0.3) is 10.2 Å². The number of halogens is 1. The van der Waals surface area contributed by atoms with E-state index in [9.17, 15) is 8.42 Å². The summed E-state index contributed by atoms with van der Waals surface area (Å²) in [5.41, 5.74) is 1.83. The van der Waals surface area contributed by atoms with Gasteiger partial charge in [0.2, 0.25) is 10.0 Å². The van der Waals surface area contributed by atoms with Gasteiger partial charge in [0.05, 0.1) is 15.1 Å². The van der Waals surface area contributed by atoms with Gasteiger partial charge in [-0.15, -0.1) is 11.3 Å². The second kappa shape index (κ2) is 8.05. The molecule has 0 amide bonds. The Bertz CT molecular complexity index is 986. The lowest BCUT2D eigenvalue weighted by Crippen LogP contribution is -2.25. The number of fused-ring (bicyclic) bond motifs is 1. The molecule has 3 rings (SSSR count). The third-order valence-corrected chi connectivity index (χ3v) is 7.25. The van der Waals surface area contributed by atoms with Crippen molar-refractivity contribution in [2.24, 2.45) is 0 Å². The van der Waals surface area contributed by atoms with Crippen LogP contribution in [0.3, 0.4) is 0 Å². The molecule has 8 heteroatoms. The second-order valence-electron chi connectivity index (χ2n) is 5.32. The van der Waals surface area contributed by atoms with Gasteiger partial charge < -0.3 is 0 Å². The van der Waals surface area contributed by atoms with E-state index < -0.39 is 10.0 Å². The first-order valence-corrected chi connectivity index (χ1v) is 11.4. The lowest BCUT2D eigenvalue weighted by molar-refractivity contribution is 0.582. The topological polar surface area (TPSA) is 59.1 Å². The van der Waals surface area contributed by atoms with Crippen LogP contribution in [-0.2, 0) is 16.4 Å². The summed E-state index contributed by atoms with van der Waals surface area (Å²) in [5, 5.41) is 0.650. The first-order valence-electron chi connectivity index (χ1n) is 7.75. The van der Waals surface area contributed by atoms with Crippen LogP contribution in [0.2, 0.25) is 5.02 Å². The molecule has 0 spiro atoms. The molecule has 0 atom stereocenters. The van der Waals surface area contributed by atoms with Crippen molar-refractivity contribution in [1.29, 1.82) is 0 Å². The molecule has 0 unspecified atom stereocenters. The minimum Gasteiger partial charge on any atom is -0.230 e. The Balaban J connectivity index is 1.71. The van der Waals surface area contributed by atoms with Gasteiger partial charge in [0.25, 0.3) is 0 Å². The Hall–Kier alpha value is -1.12. The lowest BCUT2D eigenvalue weighted by Gasteiger charge is -2.07. The van der Waals surface area contributed by atoms with E-state index >= 15 is 0 Å². The largest absolute Gasteiger partial charge is 0.240 e. The highest BCUT2D eigenvalue weighted by molar-refractivity contribution is 8.01. The van der Waals surface area contributed by atoms with Crippen molar-refractivity contribution in [3.63, 3.8) is 0 Å². The first-order chi connectivity index (χ1) is 12.0. The summed E-state index contributed by atoms with van der Waals surface area (Å²) in [5.74, 6) is 0.941. The quantitative estimate of drug-likeness (QED) is 0.577. The zero-order chi connectivity index (χ0) is 17.9. The minimum absolute atomic E-state index is 0.266. The van der Waals surface area contributed by atoms with Crippen LogP contribution in [-0.4, -0.2) is 25.7 Å². The average Bonchev–Trinajstić information content (AvgIpc) is 2.96. The molecule has 0 fully saturated rings. The Morgan fingerprint density at radius 1 is 1.24 bits per heavy atom. The van der Waals surface area contributed by atoms with Gasteiger partial charge in [-0.25, -0.2) is 18.1 Å². The molecule has 4 nitrogen and oxygen atoms in total. The van der Waals surface area contributed by atoms with E-state index in [1.165, 1.54) is 11.3 Å². The number of sulfonamides is 1. The van der Waals surface area contributed by atoms with Gasteiger partial charge in [-0.1, -0.05) is 42.4 Å². The number of aromatic nitrogens is 1. The Morgan fingerprint density at radius 2 is 2.08 bits per heavy atom. The van der Waals surface area contributed by atoms with Crippen LogP contribution < -0.4 is 4.72 Å². The minimum atomic E-state index is -3.55. The van der Waals surface area contributed by atoms with Crippen molar-refractivity contribution in [2.45, 2.75) is 22.6 Å². The van der Waals surface area contributed by atoms with Gasteiger partial charge >= 0.3 is 0 Å². The zero-order valence-corrected chi connectivity index (χ0v) is 16.7. The summed E-state index contributed by atoms with van der Waals surface area (Å²) in [7, 11) is -3.55. The van der Waals surface area contributed by atoms with E-state index in [1.54, 1.807) is 36.0 Å². The van der Waals surface area contributed by atoms with Gasteiger partial charge in [0.1, 0.15) is 0 Å². The number of hydrogen-bond donors (Lipinski definition) is 1. The summed E-state index contributed by atoms with van der Waals surface area (Å²) in [4.78, 5) is 4.76. The molecule has 1 heterocycles. The smallest absolute Gasteiger partial charge is 0.230 e. The number of nitrogens with zero attached hydrogens (tertiary/aromatic N) is 1. The number of rotatable bonds is 7. The molecule has 25 heavy (non-hydrogen) atoms. The molecule has 3 aromatic rings. The molecule has 0 saturated heterocycles. The third kappa shape index (κ3) is 4.74. The van der Waals surface area contributed by atoms with Crippen molar-refractivity contribution in [2.75, 3.05) is 12.3 Å². The van der Waals surface area contributed by atoms with Crippen molar-refractivity contribution >= 4 is 54.9 Å². The Kier molecular flexibility index (Phi) is 6.01. The predicted octanol–water partition coefficient (Wildman–Crippen LogP) is 4.58. The molecule has 1 N–H and O–H groups in total. The molecule has 0 saturated carbocycles. The third-order valence-electron chi connectivity index (χ3n) is 3.51. The van der Waals surface area contributed by atoms with Crippen LogP contribution in [0.5, 0.6) is 0 Å². The maximum Gasteiger partial charge on any atom is 0.240 e. The first kappa shape index (κ1) is 18.7. The number of thiazole rings is 1. The molecule has 0 aliphatic carbocycles. The summed E-state index contributed by atoms with van der Waals surface area (Å²) in [6, 6.07) is 12.5.